The number of carbonyl (C=O) groups excluding carboxylic acids is 3. The Balaban J connectivity index is 2.47. The molecule has 0 atom stereocenters. The van der Waals surface area contributed by atoms with Crippen molar-refractivity contribution in [1.82, 2.24) is 15.1 Å². The number of hydrogen-bond acceptors (Lipinski definition) is 4. The Bertz CT molecular complexity index is 600. The summed E-state index contributed by atoms with van der Waals surface area (Å²) in [6.45, 7) is 16.1. The lowest BCUT2D eigenvalue weighted by molar-refractivity contribution is -0.131. The van der Waals surface area contributed by atoms with Gasteiger partial charge in [-0.1, -0.05) is 26.3 Å². The van der Waals surface area contributed by atoms with Gasteiger partial charge in [0.05, 0.1) is 0 Å². The zero-order valence-corrected chi connectivity index (χ0v) is 18.6. The second-order valence-electron chi connectivity index (χ2n) is 9.32. The maximum Gasteiger partial charge on any atom is 0.407 e. The molecule has 0 aromatic carbocycles. The quantitative estimate of drug-likeness (QED) is 0.742. The van der Waals surface area contributed by atoms with Gasteiger partial charge in [0.2, 0.25) is 11.8 Å². The monoisotopic (exact) mass is 395 g/mol. The van der Waals surface area contributed by atoms with E-state index in [1.54, 1.807) is 31.7 Å². The standard InChI is InChI=1S/C21H37N3O4/c1-16(20(2,3)4)15-18(26)24-12-8-11-23(13-14-24)17(25)9-10-22-19(27)28-21(5,6)7/h15H,8-14H2,1-7H3,(H,22,27)/b16-15+. The summed E-state index contributed by atoms with van der Waals surface area (Å²) in [7, 11) is 0. The topological polar surface area (TPSA) is 79.0 Å². The Morgan fingerprint density at radius 3 is 2.11 bits per heavy atom. The van der Waals surface area contributed by atoms with Crippen molar-refractivity contribution in [1.29, 1.82) is 0 Å². The molecule has 1 rings (SSSR count). The molecule has 28 heavy (non-hydrogen) atoms. The van der Waals surface area contributed by atoms with Crippen LogP contribution in [0.2, 0.25) is 0 Å². The number of rotatable bonds is 4. The van der Waals surface area contributed by atoms with E-state index in [-0.39, 0.29) is 30.2 Å². The van der Waals surface area contributed by atoms with Crippen molar-refractivity contribution in [3.8, 4) is 0 Å². The number of nitrogens with zero attached hydrogens (tertiary/aromatic N) is 2. The third-order valence-electron chi connectivity index (χ3n) is 4.69. The highest BCUT2D eigenvalue weighted by molar-refractivity contribution is 5.88. The average Bonchev–Trinajstić information content (AvgIpc) is 2.78. The van der Waals surface area contributed by atoms with E-state index in [2.05, 4.69) is 26.1 Å². The Morgan fingerprint density at radius 1 is 0.964 bits per heavy atom. The van der Waals surface area contributed by atoms with E-state index in [0.717, 1.165) is 12.0 Å². The predicted molar refractivity (Wildman–Crippen MR) is 110 cm³/mol. The SMILES string of the molecule is C/C(=C\C(=O)N1CCCN(C(=O)CCNC(=O)OC(C)(C)C)CC1)C(C)(C)C. The third-order valence-corrected chi connectivity index (χ3v) is 4.69. The molecule has 7 nitrogen and oxygen atoms in total. The lowest BCUT2D eigenvalue weighted by Gasteiger charge is -2.23. The molecule has 160 valence electrons. The first-order valence-corrected chi connectivity index (χ1v) is 10.0. The lowest BCUT2D eigenvalue weighted by atomic mass is 9.87. The fourth-order valence-electron chi connectivity index (χ4n) is 2.62. The smallest absolute Gasteiger partial charge is 0.407 e. The van der Waals surface area contributed by atoms with Gasteiger partial charge in [-0.3, -0.25) is 9.59 Å². The van der Waals surface area contributed by atoms with Gasteiger partial charge in [0.15, 0.2) is 0 Å². The molecular weight excluding hydrogens is 358 g/mol. The molecule has 0 aliphatic carbocycles. The van der Waals surface area contributed by atoms with Crippen LogP contribution < -0.4 is 5.32 Å². The zero-order valence-electron chi connectivity index (χ0n) is 18.6. The van der Waals surface area contributed by atoms with Crippen molar-refractivity contribution in [2.24, 2.45) is 5.41 Å². The van der Waals surface area contributed by atoms with Crippen LogP contribution in [0, 0.1) is 5.41 Å². The number of nitrogens with one attached hydrogen (secondary N) is 1. The largest absolute Gasteiger partial charge is 0.444 e. The molecule has 1 heterocycles. The fourth-order valence-corrected chi connectivity index (χ4v) is 2.62. The molecule has 1 aliphatic heterocycles. The highest BCUT2D eigenvalue weighted by atomic mass is 16.6. The molecule has 0 aromatic heterocycles. The molecule has 1 aliphatic rings. The van der Waals surface area contributed by atoms with Crippen LogP contribution in [0.3, 0.4) is 0 Å². The number of allylic oxidation sites excluding steroid dienone is 1. The van der Waals surface area contributed by atoms with Crippen LogP contribution in [0.25, 0.3) is 0 Å². The van der Waals surface area contributed by atoms with Crippen LogP contribution in [-0.2, 0) is 14.3 Å². The molecule has 1 fully saturated rings. The summed E-state index contributed by atoms with van der Waals surface area (Å²) in [5.74, 6) is -0.0138. The van der Waals surface area contributed by atoms with Gasteiger partial charge >= 0.3 is 6.09 Å². The van der Waals surface area contributed by atoms with Gasteiger partial charge in [0.1, 0.15) is 5.60 Å². The Labute approximate surface area is 169 Å². The fraction of sp³-hybridized carbons (Fsp3) is 0.762. The number of carbonyl (C=O) groups is 3. The number of amides is 3. The van der Waals surface area contributed by atoms with E-state index in [1.165, 1.54) is 0 Å². The average molecular weight is 396 g/mol. The van der Waals surface area contributed by atoms with Gasteiger partial charge in [0, 0.05) is 45.2 Å². The summed E-state index contributed by atoms with van der Waals surface area (Å²) < 4.78 is 5.16. The van der Waals surface area contributed by atoms with Crippen molar-refractivity contribution < 1.29 is 19.1 Å². The minimum Gasteiger partial charge on any atom is -0.444 e. The van der Waals surface area contributed by atoms with Crippen LogP contribution in [0.15, 0.2) is 11.6 Å². The predicted octanol–water partition coefficient (Wildman–Crippen LogP) is 2.95. The second kappa shape index (κ2) is 9.94. The first-order chi connectivity index (χ1) is 12.8. The van der Waals surface area contributed by atoms with Crippen LogP contribution in [0.1, 0.15) is 61.3 Å². The first-order valence-electron chi connectivity index (χ1n) is 10.0. The number of alkyl carbamates (subject to hydrolysis) is 1. The normalized spacial score (nSPS) is 16.5. The van der Waals surface area contributed by atoms with E-state index >= 15 is 0 Å². The molecule has 0 aromatic rings. The van der Waals surface area contributed by atoms with E-state index in [4.69, 9.17) is 4.74 Å². The van der Waals surface area contributed by atoms with E-state index in [9.17, 15) is 14.4 Å². The van der Waals surface area contributed by atoms with Gasteiger partial charge in [-0.05, 0) is 39.5 Å². The Kier molecular flexibility index (Phi) is 8.51. The summed E-state index contributed by atoms with van der Waals surface area (Å²) in [4.78, 5) is 40.2. The molecule has 3 amide bonds. The summed E-state index contributed by atoms with van der Waals surface area (Å²) >= 11 is 0. The highest BCUT2D eigenvalue weighted by Gasteiger charge is 2.23. The van der Waals surface area contributed by atoms with Crippen LogP contribution >= 0.6 is 0 Å². The molecule has 7 heteroatoms. The zero-order chi connectivity index (χ0) is 21.5. The van der Waals surface area contributed by atoms with Crippen LogP contribution in [0.5, 0.6) is 0 Å². The van der Waals surface area contributed by atoms with Crippen molar-refractivity contribution in [3.05, 3.63) is 11.6 Å². The molecule has 0 saturated carbocycles. The minimum atomic E-state index is -0.561. The van der Waals surface area contributed by atoms with Crippen molar-refractivity contribution in [2.75, 3.05) is 32.7 Å². The summed E-state index contributed by atoms with van der Waals surface area (Å²) in [5, 5.41) is 2.61. The Hall–Kier alpha value is -2.05. The van der Waals surface area contributed by atoms with Crippen molar-refractivity contribution in [3.63, 3.8) is 0 Å². The van der Waals surface area contributed by atoms with Gasteiger partial charge in [0.25, 0.3) is 0 Å². The minimum absolute atomic E-state index is 0.00770. The maximum absolute atomic E-state index is 12.5. The summed E-state index contributed by atoms with van der Waals surface area (Å²) in [6.07, 6.45) is 2.16. The maximum atomic E-state index is 12.5. The van der Waals surface area contributed by atoms with Crippen molar-refractivity contribution >= 4 is 17.9 Å². The number of ether oxygens (including phenoxy) is 1. The van der Waals surface area contributed by atoms with Gasteiger partial charge < -0.3 is 19.9 Å². The molecular formula is C21H37N3O4. The van der Waals surface area contributed by atoms with Crippen LogP contribution in [0.4, 0.5) is 4.79 Å². The lowest BCUT2D eigenvalue weighted by Crippen LogP contribution is -2.39. The van der Waals surface area contributed by atoms with E-state index in [1.807, 2.05) is 11.8 Å². The molecule has 1 saturated heterocycles. The van der Waals surface area contributed by atoms with E-state index < -0.39 is 11.7 Å². The van der Waals surface area contributed by atoms with Gasteiger partial charge in [-0.2, -0.15) is 0 Å². The summed E-state index contributed by atoms with van der Waals surface area (Å²) in [5.41, 5.74) is 0.446. The molecule has 0 bridgehead atoms. The third kappa shape index (κ3) is 8.76. The highest BCUT2D eigenvalue weighted by Crippen LogP contribution is 2.24. The molecule has 0 unspecified atom stereocenters. The van der Waals surface area contributed by atoms with Gasteiger partial charge in [-0.25, -0.2) is 4.79 Å². The molecule has 1 N–H and O–H groups in total. The molecule has 0 spiro atoms. The Morgan fingerprint density at radius 2 is 1.54 bits per heavy atom. The van der Waals surface area contributed by atoms with Gasteiger partial charge in [-0.15, -0.1) is 0 Å². The first kappa shape index (κ1) is 24.0. The van der Waals surface area contributed by atoms with Crippen LogP contribution in [-0.4, -0.2) is 66.0 Å². The second-order valence-corrected chi connectivity index (χ2v) is 9.32. The summed E-state index contributed by atoms with van der Waals surface area (Å²) in [6, 6.07) is 0. The van der Waals surface area contributed by atoms with Crippen molar-refractivity contribution in [2.45, 2.75) is 66.9 Å². The molecule has 0 radical (unpaired) electrons. The van der Waals surface area contributed by atoms with E-state index in [0.29, 0.717) is 26.2 Å². The number of hydrogen-bond donors (Lipinski definition) is 1.